The van der Waals surface area contributed by atoms with Gasteiger partial charge < -0.3 is 19.4 Å². The highest BCUT2D eigenvalue weighted by Crippen LogP contribution is 2.41. The Hall–Kier alpha value is -2.69. The van der Waals surface area contributed by atoms with E-state index in [1.54, 1.807) is 7.11 Å². The van der Waals surface area contributed by atoms with Gasteiger partial charge in [0.1, 0.15) is 0 Å². The first kappa shape index (κ1) is 22.1. The number of hydrogen-bond donors (Lipinski definition) is 1. The Balaban J connectivity index is 1.41. The second-order valence-electron chi connectivity index (χ2n) is 10.1. The molecular formula is C28H36N2O3. The number of carbonyl (C=O) groups is 1. The number of hydrogen-bond acceptors (Lipinski definition) is 3. The lowest BCUT2D eigenvalue weighted by Gasteiger charge is -2.35. The van der Waals surface area contributed by atoms with Gasteiger partial charge in [-0.3, -0.25) is 4.79 Å². The van der Waals surface area contributed by atoms with Gasteiger partial charge >= 0.3 is 0 Å². The van der Waals surface area contributed by atoms with Crippen LogP contribution in [0.3, 0.4) is 0 Å². The lowest BCUT2D eigenvalue weighted by atomic mass is 9.85. The summed E-state index contributed by atoms with van der Waals surface area (Å²) in [4.78, 5) is 17.4. The van der Waals surface area contributed by atoms with Gasteiger partial charge in [-0.1, -0.05) is 12.5 Å². The number of fused-ring (bicyclic) bond motifs is 2. The third kappa shape index (κ3) is 4.30. The van der Waals surface area contributed by atoms with E-state index in [9.17, 15) is 4.79 Å². The van der Waals surface area contributed by atoms with Crippen LogP contribution in [0.5, 0.6) is 11.5 Å². The molecule has 176 valence electrons. The van der Waals surface area contributed by atoms with E-state index in [1.807, 2.05) is 4.90 Å². The van der Waals surface area contributed by atoms with Crippen LogP contribution in [-0.4, -0.2) is 36.1 Å². The molecule has 1 aromatic heterocycles. The van der Waals surface area contributed by atoms with Gasteiger partial charge in [0, 0.05) is 18.4 Å². The Kier molecular flexibility index (Phi) is 6.22. The molecule has 2 aromatic rings. The highest BCUT2D eigenvalue weighted by molar-refractivity contribution is 5.59. The Morgan fingerprint density at radius 3 is 2.79 bits per heavy atom. The first-order valence-corrected chi connectivity index (χ1v) is 12.5. The van der Waals surface area contributed by atoms with Gasteiger partial charge in [0.15, 0.2) is 11.5 Å². The lowest BCUT2D eigenvalue weighted by Crippen LogP contribution is -2.35. The van der Waals surface area contributed by atoms with Gasteiger partial charge in [0.05, 0.1) is 19.3 Å². The van der Waals surface area contributed by atoms with Crippen LogP contribution in [0.25, 0.3) is 6.08 Å². The topological polar surface area (TPSA) is 54.6 Å². The third-order valence-corrected chi connectivity index (χ3v) is 8.02. The SMILES string of the molecule is COc1cc2c(cc1OC1CCCC1)[C@H](CCc1c[nH]c3c1CC(C)C(C)=C3)N(C=O)CC2. The van der Waals surface area contributed by atoms with Gasteiger partial charge in [0.2, 0.25) is 6.41 Å². The number of aromatic nitrogens is 1. The number of rotatable bonds is 7. The highest BCUT2D eigenvalue weighted by atomic mass is 16.5. The summed E-state index contributed by atoms with van der Waals surface area (Å²) in [6.45, 7) is 5.27. The maximum absolute atomic E-state index is 12.0. The molecule has 1 unspecified atom stereocenters. The molecule has 0 radical (unpaired) electrons. The maximum Gasteiger partial charge on any atom is 0.210 e. The highest BCUT2D eigenvalue weighted by Gasteiger charge is 2.30. The average Bonchev–Trinajstić information content (AvgIpc) is 3.47. The van der Waals surface area contributed by atoms with Crippen molar-refractivity contribution in [3.8, 4) is 11.5 Å². The van der Waals surface area contributed by atoms with Crippen LogP contribution in [0.15, 0.2) is 23.9 Å². The summed E-state index contributed by atoms with van der Waals surface area (Å²) >= 11 is 0. The third-order valence-electron chi connectivity index (χ3n) is 8.02. The van der Waals surface area contributed by atoms with Crippen molar-refractivity contribution in [2.24, 2.45) is 5.92 Å². The molecule has 2 atom stereocenters. The average molecular weight is 449 g/mol. The van der Waals surface area contributed by atoms with Crippen molar-refractivity contribution in [3.05, 3.63) is 51.9 Å². The van der Waals surface area contributed by atoms with Gasteiger partial charge in [-0.05, 0) is 105 Å². The van der Waals surface area contributed by atoms with E-state index in [-0.39, 0.29) is 12.1 Å². The number of aryl methyl sites for hydroxylation is 1. The fourth-order valence-electron chi connectivity index (χ4n) is 5.85. The number of carbonyl (C=O) groups excluding carboxylic acids is 1. The minimum absolute atomic E-state index is 0.0620. The molecule has 1 fully saturated rings. The molecule has 33 heavy (non-hydrogen) atoms. The van der Waals surface area contributed by atoms with Crippen molar-refractivity contribution in [2.45, 2.75) is 77.4 Å². The summed E-state index contributed by atoms with van der Waals surface area (Å²) in [5.41, 5.74) is 8.02. The molecule has 2 aliphatic carbocycles. The van der Waals surface area contributed by atoms with E-state index in [4.69, 9.17) is 9.47 Å². The zero-order chi connectivity index (χ0) is 22.9. The minimum atomic E-state index is 0.0620. The molecule has 0 spiro atoms. The number of nitrogens with zero attached hydrogens (tertiary/aromatic N) is 1. The number of methoxy groups -OCH3 is 1. The molecule has 2 heterocycles. The first-order valence-electron chi connectivity index (χ1n) is 12.5. The van der Waals surface area contributed by atoms with E-state index in [2.05, 4.69) is 43.2 Å². The number of ether oxygens (including phenoxy) is 2. The van der Waals surface area contributed by atoms with Gasteiger partial charge in [-0.25, -0.2) is 0 Å². The van der Waals surface area contributed by atoms with E-state index in [1.165, 1.54) is 46.4 Å². The molecule has 3 aliphatic rings. The monoisotopic (exact) mass is 448 g/mol. The number of aromatic amines is 1. The molecule has 5 nitrogen and oxygen atoms in total. The van der Waals surface area contributed by atoms with Gasteiger partial charge in [-0.15, -0.1) is 0 Å². The normalized spacial score (nSPS) is 22.5. The van der Waals surface area contributed by atoms with Crippen molar-refractivity contribution < 1.29 is 14.3 Å². The first-order chi connectivity index (χ1) is 16.1. The van der Waals surface area contributed by atoms with Crippen molar-refractivity contribution in [1.29, 1.82) is 0 Å². The Morgan fingerprint density at radius 2 is 2.03 bits per heavy atom. The summed E-state index contributed by atoms with van der Waals surface area (Å²) in [7, 11) is 1.72. The predicted molar refractivity (Wildman–Crippen MR) is 131 cm³/mol. The fourth-order valence-corrected chi connectivity index (χ4v) is 5.85. The van der Waals surface area contributed by atoms with E-state index >= 15 is 0 Å². The van der Waals surface area contributed by atoms with E-state index < -0.39 is 0 Å². The number of H-pyrrole nitrogens is 1. The Bertz CT molecular complexity index is 1050. The quantitative estimate of drug-likeness (QED) is 0.559. The van der Waals surface area contributed by atoms with Gasteiger partial charge in [0.25, 0.3) is 0 Å². The smallest absolute Gasteiger partial charge is 0.210 e. The van der Waals surface area contributed by atoms with Crippen LogP contribution < -0.4 is 9.47 Å². The summed E-state index contributed by atoms with van der Waals surface area (Å²) < 4.78 is 12.1. The maximum atomic E-state index is 12.0. The summed E-state index contributed by atoms with van der Waals surface area (Å²) in [5.74, 6) is 2.22. The van der Waals surface area contributed by atoms with Crippen LogP contribution in [0.2, 0.25) is 0 Å². The van der Waals surface area contributed by atoms with Crippen LogP contribution in [0, 0.1) is 5.92 Å². The molecule has 5 rings (SSSR count). The zero-order valence-corrected chi connectivity index (χ0v) is 20.2. The Labute approximate surface area is 197 Å². The molecule has 1 amide bonds. The zero-order valence-electron chi connectivity index (χ0n) is 20.2. The van der Waals surface area contributed by atoms with Crippen molar-refractivity contribution in [3.63, 3.8) is 0 Å². The van der Waals surface area contributed by atoms with Crippen molar-refractivity contribution in [1.82, 2.24) is 9.88 Å². The molecule has 0 bridgehead atoms. The second kappa shape index (κ2) is 9.28. The van der Waals surface area contributed by atoms with Crippen molar-refractivity contribution in [2.75, 3.05) is 13.7 Å². The molecule has 1 aliphatic heterocycles. The largest absolute Gasteiger partial charge is 0.493 e. The molecule has 1 saturated carbocycles. The number of amides is 1. The number of nitrogens with one attached hydrogen (secondary N) is 1. The summed E-state index contributed by atoms with van der Waals surface area (Å²) in [6.07, 6.45) is 14.2. The molecule has 1 N–H and O–H groups in total. The molecular weight excluding hydrogens is 412 g/mol. The second-order valence-corrected chi connectivity index (χ2v) is 10.1. The van der Waals surface area contributed by atoms with Crippen molar-refractivity contribution >= 4 is 12.5 Å². The number of allylic oxidation sites excluding steroid dienone is 1. The summed E-state index contributed by atoms with van der Waals surface area (Å²) in [6, 6.07) is 4.36. The predicted octanol–water partition coefficient (Wildman–Crippen LogP) is 5.63. The molecule has 5 heteroatoms. The van der Waals surface area contributed by atoms with E-state index in [0.29, 0.717) is 5.92 Å². The lowest BCUT2D eigenvalue weighted by molar-refractivity contribution is -0.120. The van der Waals surface area contributed by atoms with Crippen LogP contribution in [0.1, 0.15) is 79.9 Å². The standard InChI is InChI=1S/C28H36N2O3/c1-18-12-23-21(16-29-25(23)13-19(18)2)8-9-26-24-15-28(33-22-6-4-5-7-22)27(32-3)14-20(24)10-11-30(26)17-31/h13-18,22,26,29H,4-12H2,1-3H3/t18?,26-/m0/s1. The molecule has 0 saturated heterocycles. The fraction of sp³-hybridized carbons (Fsp3) is 0.536. The van der Waals surface area contributed by atoms with Crippen LogP contribution >= 0.6 is 0 Å². The van der Waals surface area contributed by atoms with Crippen LogP contribution in [0.4, 0.5) is 0 Å². The number of benzene rings is 1. The van der Waals surface area contributed by atoms with E-state index in [0.717, 1.165) is 63.0 Å². The Morgan fingerprint density at radius 1 is 1.21 bits per heavy atom. The minimum Gasteiger partial charge on any atom is -0.493 e. The van der Waals surface area contributed by atoms with Gasteiger partial charge in [-0.2, -0.15) is 0 Å². The van der Waals surface area contributed by atoms with Crippen LogP contribution in [-0.2, 0) is 24.1 Å². The molecule has 1 aromatic carbocycles. The summed E-state index contributed by atoms with van der Waals surface area (Å²) in [5, 5.41) is 0.